The van der Waals surface area contributed by atoms with E-state index in [-0.39, 0.29) is 11.6 Å². The highest BCUT2D eigenvalue weighted by molar-refractivity contribution is 7.20. The highest BCUT2D eigenvalue weighted by atomic mass is 32.1. The molecular formula is C18H22N2O5S. The maximum Gasteiger partial charge on any atom is 0.360 e. The number of aliphatic carboxylic acids is 1. The van der Waals surface area contributed by atoms with Crippen LogP contribution >= 0.6 is 11.3 Å². The molecule has 8 heteroatoms. The Bertz CT molecular complexity index is 815. The minimum absolute atomic E-state index is 0.118. The average Bonchev–Trinajstić information content (AvgIpc) is 3.09. The van der Waals surface area contributed by atoms with Crippen molar-refractivity contribution in [3.63, 3.8) is 0 Å². The third kappa shape index (κ3) is 3.20. The van der Waals surface area contributed by atoms with Crippen molar-refractivity contribution in [2.24, 2.45) is 0 Å². The summed E-state index contributed by atoms with van der Waals surface area (Å²) in [7, 11) is 1.56. The standard InChI is InChI=1S/C18H22N2O5S/c1-3-25-18(17(22)23,20-9-5-4-6-10-20)15(21)16-19-13-8-7-12(24-2)11-14(13)26-16/h7-8,11H,3-6,9-10H2,1-2H3,(H,22,23). The summed E-state index contributed by atoms with van der Waals surface area (Å²) < 4.78 is 11.6. The first kappa shape index (κ1) is 18.8. The van der Waals surface area contributed by atoms with Crippen LogP contribution in [0.25, 0.3) is 10.2 Å². The number of piperidine rings is 1. The summed E-state index contributed by atoms with van der Waals surface area (Å²) in [5, 5.41) is 10.1. The van der Waals surface area contributed by atoms with Crippen molar-refractivity contribution in [2.45, 2.75) is 31.9 Å². The molecule has 1 N–H and O–H groups in total. The number of carbonyl (C=O) groups is 2. The van der Waals surface area contributed by atoms with Crippen LogP contribution in [0.1, 0.15) is 36.0 Å². The first-order valence-corrected chi connectivity index (χ1v) is 9.46. The quantitative estimate of drug-likeness (QED) is 0.585. The van der Waals surface area contributed by atoms with Crippen LogP contribution in [0.3, 0.4) is 0 Å². The number of hydrogen-bond acceptors (Lipinski definition) is 7. The van der Waals surface area contributed by atoms with Crippen molar-refractivity contribution in [3.05, 3.63) is 23.2 Å². The van der Waals surface area contributed by atoms with Crippen LogP contribution in [-0.2, 0) is 9.53 Å². The summed E-state index contributed by atoms with van der Waals surface area (Å²) in [6, 6.07) is 5.30. The molecule has 1 aromatic carbocycles. The van der Waals surface area contributed by atoms with E-state index in [1.165, 1.54) is 0 Å². The Morgan fingerprint density at radius 2 is 2.04 bits per heavy atom. The number of benzene rings is 1. The lowest BCUT2D eigenvalue weighted by Gasteiger charge is -2.40. The summed E-state index contributed by atoms with van der Waals surface area (Å²) >= 11 is 1.16. The van der Waals surface area contributed by atoms with Crippen molar-refractivity contribution < 1.29 is 24.2 Å². The smallest absolute Gasteiger partial charge is 0.360 e. The average molecular weight is 378 g/mol. The Balaban J connectivity index is 2.05. The Labute approximate surface area is 155 Å². The first-order chi connectivity index (χ1) is 12.5. The summed E-state index contributed by atoms with van der Waals surface area (Å²) in [6.07, 6.45) is 2.70. The van der Waals surface area contributed by atoms with Crippen LogP contribution in [0, 0.1) is 0 Å². The second-order valence-electron chi connectivity index (χ2n) is 6.11. The van der Waals surface area contributed by atoms with Crippen molar-refractivity contribution in [3.8, 4) is 5.75 Å². The number of methoxy groups -OCH3 is 1. The lowest BCUT2D eigenvalue weighted by atomic mass is 10.0. The van der Waals surface area contributed by atoms with E-state index in [4.69, 9.17) is 9.47 Å². The van der Waals surface area contributed by atoms with E-state index in [0.29, 0.717) is 24.4 Å². The maximum atomic E-state index is 13.3. The molecule has 0 radical (unpaired) electrons. The number of carbonyl (C=O) groups excluding carboxylic acids is 1. The molecule has 2 heterocycles. The molecule has 1 atom stereocenters. The Morgan fingerprint density at radius 3 is 2.65 bits per heavy atom. The zero-order valence-electron chi connectivity index (χ0n) is 14.9. The minimum Gasteiger partial charge on any atom is -0.497 e. The van der Waals surface area contributed by atoms with Crippen molar-refractivity contribution >= 4 is 33.3 Å². The van der Waals surface area contributed by atoms with Gasteiger partial charge in [-0.25, -0.2) is 9.78 Å². The van der Waals surface area contributed by atoms with Gasteiger partial charge in [0.05, 0.1) is 17.3 Å². The summed E-state index contributed by atoms with van der Waals surface area (Å²) in [5.74, 6) is -1.25. The largest absolute Gasteiger partial charge is 0.497 e. The lowest BCUT2D eigenvalue weighted by Crippen LogP contribution is -2.63. The Kier molecular flexibility index (Phi) is 5.55. The highest BCUT2D eigenvalue weighted by Crippen LogP contribution is 2.32. The predicted molar refractivity (Wildman–Crippen MR) is 97.9 cm³/mol. The van der Waals surface area contributed by atoms with Crippen molar-refractivity contribution in [1.29, 1.82) is 0 Å². The molecule has 1 aliphatic rings. The summed E-state index contributed by atoms with van der Waals surface area (Å²) in [6.45, 7) is 2.83. The van der Waals surface area contributed by atoms with Crippen LogP contribution in [0.15, 0.2) is 18.2 Å². The van der Waals surface area contributed by atoms with Gasteiger partial charge in [0.15, 0.2) is 5.01 Å². The number of aromatic nitrogens is 1. The Morgan fingerprint density at radius 1 is 1.31 bits per heavy atom. The molecule has 7 nitrogen and oxygen atoms in total. The molecule has 1 fully saturated rings. The monoisotopic (exact) mass is 378 g/mol. The molecule has 0 saturated carbocycles. The van der Waals surface area contributed by atoms with E-state index in [2.05, 4.69) is 4.98 Å². The van der Waals surface area contributed by atoms with Gasteiger partial charge in [-0.1, -0.05) is 6.42 Å². The van der Waals surface area contributed by atoms with Gasteiger partial charge in [-0.2, -0.15) is 0 Å². The second-order valence-corrected chi connectivity index (χ2v) is 7.14. The van der Waals surface area contributed by atoms with Crippen LogP contribution < -0.4 is 4.74 Å². The van der Waals surface area contributed by atoms with Gasteiger partial charge in [-0.3, -0.25) is 9.69 Å². The van der Waals surface area contributed by atoms with E-state index in [0.717, 1.165) is 35.3 Å². The molecular weight excluding hydrogens is 356 g/mol. The molecule has 0 spiro atoms. The van der Waals surface area contributed by atoms with Gasteiger partial charge >= 0.3 is 5.97 Å². The van der Waals surface area contributed by atoms with Gasteiger partial charge in [-0.15, -0.1) is 11.3 Å². The molecule has 140 valence electrons. The number of Topliss-reactive ketones (excluding diaryl/α,β-unsaturated/α-hetero) is 1. The third-order valence-electron chi connectivity index (χ3n) is 4.54. The topological polar surface area (TPSA) is 89.0 Å². The van der Waals surface area contributed by atoms with Gasteiger partial charge in [0, 0.05) is 19.7 Å². The molecule has 26 heavy (non-hydrogen) atoms. The number of nitrogens with zero attached hydrogens (tertiary/aromatic N) is 2. The molecule has 0 amide bonds. The fourth-order valence-electron chi connectivity index (χ4n) is 3.29. The van der Waals surface area contributed by atoms with Gasteiger partial charge in [0.1, 0.15) is 5.75 Å². The number of hydrogen-bond donors (Lipinski definition) is 1. The van der Waals surface area contributed by atoms with Crippen LogP contribution in [0.4, 0.5) is 0 Å². The first-order valence-electron chi connectivity index (χ1n) is 8.64. The summed E-state index contributed by atoms with van der Waals surface area (Å²) in [4.78, 5) is 31.5. The zero-order valence-corrected chi connectivity index (χ0v) is 15.7. The fourth-order valence-corrected chi connectivity index (χ4v) is 4.26. The van der Waals surface area contributed by atoms with Crippen molar-refractivity contribution in [1.82, 2.24) is 9.88 Å². The fraction of sp³-hybridized carbons (Fsp3) is 0.500. The highest BCUT2D eigenvalue weighted by Gasteiger charge is 2.54. The summed E-state index contributed by atoms with van der Waals surface area (Å²) in [5.41, 5.74) is -1.39. The lowest BCUT2D eigenvalue weighted by molar-refractivity contribution is -0.184. The van der Waals surface area contributed by atoms with Crippen LogP contribution in [-0.4, -0.2) is 59.3 Å². The maximum absolute atomic E-state index is 13.3. The van der Waals surface area contributed by atoms with E-state index < -0.39 is 17.5 Å². The van der Waals surface area contributed by atoms with Gasteiger partial charge < -0.3 is 14.6 Å². The van der Waals surface area contributed by atoms with E-state index >= 15 is 0 Å². The molecule has 2 aromatic rings. The number of carboxylic acid groups (broad SMARTS) is 1. The molecule has 1 aliphatic heterocycles. The number of thiazole rings is 1. The SMILES string of the molecule is CCOC(C(=O)O)(C(=O)c1nc2ccc(OC)cc2s1)N1CCCCC1. The number of ether oxygens (including phenoxy) is 2. The number of fused-ring (bicyclic) bond motifs is 1. The molecule has 1 unspecified atom stereocenters. The second kappa shape index (κ2) is 7.69. The van der Waals surface area contributed by atoms with Gasteiger partial charge in [0.2, 0.25) is 5.78 Å². The van der Waals surface area contributed by atoms with E-state index in [1.54, 1.807) is 37.1 Å². The van der Waals surface area contributed by atoms with Crippen LogP contribution in [0.2, 0.25) is 0 Å². The van der Waals surface area contributed by atoms with E-state index in [9.17, 15) is 14.7 Å². The minimum atomic E-state index is -2.02. The van der Waals surface area contributed by atoms with Gasteiger partial charge in [0.25, 0.3) is 5.72 Å². The normalized spacial score (nSPS) is 17.8. The zero-order chi connectivity index (χ0) is 18.7. The molecule has 0 bridgehead atoms. The number of likely N-dealkylation sites (tertiary alicyclic amines) is 1. The molecule has 1 aromatic heterocycles. The third-order valence-corrected chi connectivity index (χ3v) is 5.56. The molecule has 3 rings (SSSR count). The number of rotatable bonds is 7. The molecule has 0 aliphatic carbocycles. The predicted octanol–water partition coefficient (Wildman–Crippen LogP) is 2.79. The Hall–Kier alpha value is -2.03. The number of carboxylic acids is 1. The van der Waals surface area contributed by atoms with Crippen LogP contribution in [0.5, 0.6) is 5.75 Å². The van der Waals surface area contributed by atoms with Crippen molar-refractivity contribution in [2.75, 3.05) is 26.8 Å². The van der Waals surface area contributed by atoms with Gasteiger partial charge in [-0.05, 0) is 38.0 Å². The van der Waals surface area contributed by atoms with E-state index in [1.807, 2.05) is 0 Å². The number of ketones is 1. The molecule has 1 saturated heterocycles.